The maximum absolute atomic E-state index is 11.8. The summed E-state index contributed by atoms with van der Waals surface area (Å²) < 4.78 is 5.34. The van der Waals surface area contributed by atoms with Crippen molar-refractivity contribution in [2.45, 2.75) is 59.0 Å². The maximum Gasteiger partial charge on any atom is 0.309 e. The van der Waals surface area contributed by atoms with Gasteiger partial charge in [0.15, 0.2) is 0 Å². The summed E-state index contributed by atoms with van der Waals surface area (Å²) in [5.74, 6) is 0.124. The first kappa shape index (κ1) is 13.2. The molecule has 0 aromatic heterocycles. The van der Waals surface area contributed by atoms with Crippen LogP contribution in [0, 0.1) is 11.8 Å². The molecule has 92 valence electrons. The van der Waals surface area contributed by atoms with E-state index >= 15 is 0 Å². The number of ketones is 1. The van der Waals surface area contributed by atoms with Gasteiger partial charge in [0.05, 0.1) is 5.92 Å². The number of carbonyl (C=O) groups is 2. The fourth-order valence-electron chi connectivity index (χ4n) is 2.07. The molecule has 1 fully saturated rings. The number of carbonyl (C=O) groups excluding carboxylic acids is 2. The number of Topliss-reactive ketones (excluding diaryl/α,β-unsaturated/α-hetero) is 1. The summed E-state index contributed by atoms with van der Waals surface area (Å²) in [4.78, 5) is 23.2. The second-order valence-corrected chi connectivity index (χ2v) is 5.72. The number of rotatable bonds is 2. The van der Waals surface area contributed by atoms with Crippen molar-refractivity contribution in [3.63, 3.8) is 0 Å². The minimum absolute atomic E-state index is 0.163. The third-order valence-electron chi connectivity index (χ3n) is 3.01. The summed E-state index contributed by atoms with van der Waals surface area (Å²) in [5.41, 5.74) is -0.440. The van der Waals surface area contributed by atoms with Crippen molar-refractivity contribution in [2.75, 3.05) is 0 Å². The van der Waals surface area contributed by atoms with Crippen LogP contribution in [0.15, 0.2) is 0 Å². The molecule has 1 aliphatic carbocycles. The summed E-state index contributed by atoms with van der Waals surface area (Å²) >= 11 is 0. The molecule has 2 unspecified atom stereocenters. The van der Waals surface area contributed by atoms with Crippen molar-refractivity contribution in [2.24, 2.45) is 11.8 Å². The van der Waals surface area contributed by atoms with Crippen molar-refractivity contribution < 1.29 is 14.3 Å². The third-order valence-corrected chi connectivity index (χ3v) is 3.01. The van der Waals surface area contributed by atoms with Crippen LogP contribution in [0.2, 0.25) is 0 Å². The largest absolute Gasteiger partial charge is 0.460 e. The van der Waals surface area contributed by atoms with Gasteiger partial charge in [-0.2, -0.15) is 0 Å². The molecule has 1 aliphatic rings. The molecule has 0 N–H and O–H groups in total. The molecule has 0 heterocycles. The molecule has 0 amide bonds. The Labute approximate surface area is 97.5 Å². The summed E-state index contributed by atoms with van der Waals surface area (Å²) in [6.07, 6.45) is 3.10. The van der Waals surface area contributed by atoms with E-state index in [1.54, 1.807) is 0 Å². The fourth-order valence-corrected chi connectivity index (χ4v) is 2.07. The van der Waals surface area contributed by atoms with Gasteiger partial charge in [0.2, 0.25) is 0 Å². The molecule has 0 spiro atoms. The average molecular weight is 226 g/mol. The zero-order valence-electron chi connectivity index (χ0n) is 10.7. The molecule has 0 saturated heterocycles. The molecule has 16 heavy (non-hydrogen) atoms. The molecule has 0 aromatic carbocycles. The second kappa shape index (κ2) is 4.98. The average Bonchev–Trinajstić information content (AvgIpc) is 2.14. The Morgan fingerprint density at radius 3 is 2.56 bits per heavy atom. The third kappa shape index (κ3) is 3.95. The highest BCUT2D eigenvalue weighted by molar-refractivity contribution is 5.81. The van der Waals surface area contributed by atoms with Gasteiger partial charge in [-0.15, -0.1) is 0 Å². The van der Waals surface area contributed by atoms with E-state index in [1.807, 2.05) is 27.7 Å². The Kier molecular flexibility index (Phi) is 4.11. The van der Waals surface area contributed by atoms with Crippen LogP contribution in [-0.2, 0) is 14.3 Å². The van der Waals surface area contributed by atoms with Gasteiger partial charge in [-0.1, -0.05) is 6.92 Å². The van der Waals surface area contributed by atoms with E-state index in [9.17, 15) is 9.59 Å². The lowest BCUT2D eigenvalue weighted by atomic mass is 9.80. The summed E-state index contributed by atoms with van der Waals surface area (Å²) in [5, 5.41) is 0. The number of hydrogen-bond acceptors (Lipinski definition) is 3. The Balaban J connectivity index is 2.53. The topological polar surface area (TPSA) is 43.4 Å². The van der Waals surface area contributed by atoms with Gasteiger partial charge in [-0.05, 0) is 39.5 Å². The molecule has 1 rings (SSSR count). The molecular formula is C13H22O3. The zero-order chi connectivity index (χ0) is 12.3. The smallest absolute Gasteiger partial charge is 0.309 e. The Morgan fingerprint density at radius 1 is 1.44 bits per heavy atom. The van der Waals surface area contributed by atoms with Gasteiger partial charge in [-0.25, -0.2) is 0 Å². The van der Waals surface area contributed by atoms with E-state index in [0.717, 1.165) is 12.8 Å². The predicted octanol–water partition coefficient (Wildman–Crippen LogP) is 2.72. The van der Waals surface area contributed by atoms with E-state index < -0.39 is 5.60 Å². The van der Waals surface area contributed by atoms with Gasteiger partial charge in [0, 0.05) is 12.8 Å². The molecule has 3 nitrogen and oxygen atoms in total. The predicted molar refractivity (Wildman–Crippen MR) is 62.0 cm³/mol. The zero-order valence-corrected chi connectivity index (χ0v) is 10.7. The molecule has 0 aliphatic heterocycles. The Morgan fingerprint density at radius 2 is 2.06 bits per heavy atom. The van der Waals surface area contributed by atoms with Gasteiger partial charge >= 0.3 is 5.97 Å². The van der Waals surface area contributed by atoms with Crippen molar-refractivity contribution in [1.82, 2.24) is 0 Å². The van der Waals surface area contributed by atoms with Crippen molar-refractivity contribution in [3.05, 3.63) is 0 Å². The highest BCUT2D eigenvalue weighted by atomic mass is 16.6. The van der Waals surface area contributed by atoms with Crippen LogP contribution in [0.3, 0.4) is 0 Å². The molecule has 0 bridgehead atoms. The summed E-state index contributed by atoms with van der Waals surface area (Å²) in [6.45, 7) is 7.47. The lowest BCUT2D eigenvalue weighted by Gasteiger charge is -2.28. The Hall–Kier alpha value is -0.860. The second-order valence-electron chi connectivity index (χ2n) is 5.72. The monoisotopic (exact) mass is 226 g/mol. The van der Waals surface area contributed by atoms with E-state index in [0.29, 0.717) is 12.8 Å². The highest BCUT2D eigenvalue weighted by Gasteiger charge is 2.31. The lowest BCUT2D eigenvalue weighted by molar-refractivity contribution is -0.161. The van der Waals surface area contributed by atoms with Crippen LogP contribution < -0.4 is 0 Å². The maximum atomic E-state index is 11.8. The van der Waals surface area contributed by atoms with E-state index in [4.69, 9.17) is 4.74 Å². The normalized spacial score (nSPS) is 24.0. The van der Waals surface area contributed by atoms with Crippen molar-refractivity contribution in [3.8, 4) is 0 Å². The summed E-state index contributed by atoms with van der Waals surface area (Å²) in [6, 6.07) is 0. The van der Waals surface area contributed by atoms with E-state index in [-0.39, 0.29) is 23.6 Å². The van der Waals surface area contributed by atoms with Gasteiger partial charge in [0.1, 0.15) is 11.4 Å². The quantitative estimate of drug-likeness (QED) is 0.680. The SMILES string of the molecule is CC(C(=O)OC(C)(C)C)C1CCCC(=O)C1. The first-order chi connectivity index (χ1) is 7.29. The minimum atomic E-state index is -0.440. The molecule has 1 saturated carbocycles. The molecule has 2 atom stereocenters. The first-order valence-corrected chi connectivity index (χ1v) is 6.04. The molecule has 3 heteroatoms. The van der Waals surface area contributed by atoms with Crippen LogP contribution in [0.1, 0.15) is 53.4 Å². The van der Waals surface area contributed by atoms with Crippen molar-refractivity contribution in [1.29, 1.82) is 0 Å². The standard InChI is InChI=1S/C13H22O3/c1-9(12(15)16-13(2,3)4)10-6-5-7-11(14)8-10/h9-10H,5-8H2,1-4H3. The number of hydrogen-bond donors (Lipinski definition) is 0. The summed E-state index contributed by atoms with van der Waals surface area (Å²) in [7, 11) is 0. The van der Waals surface area contributed by atoms with E-state index in [2.05, 4.69) is 0 Å². The number of esters is 1. The van der Waals surface area contributed by atoms with Crippen LogP contribution in [0.25, 0.3) is 0 Å². The first-order valence-electron chi connectivity index (χ1n) is 6.04. The van der Waals surface area contributed by atoms with Gasteiger partial charge in [0.25, 0.3) is 0 Å². The minimum Gasteiger partial charge on any atom is -0.460 e. The molecule has 0 radical (unpaired) electrons. The van der Waals surface area contributed by atoms with Crippen molar-refractivity contribution >= 4 is 11.8 Å². The Bertz CT molecular complexity index is 275. The van der Waals surface area contributed by atoms with Gasteiger partial charge in [-0.3, -0.25) is 9.59 Å². The van der Waals surface area contributed by atoms with Crippen LogP contribution in [0.4, 0.5) is 0 Å². The lowest BCUT2D eigenvalue weighted by Crippen LogP contribution is -2.33. The van der Waals surface area contributed by atoms with Crippen LogP contribution >= 0.6 is 0 Å². The molecule has 0 aromatic rings. The van der Waals surface area contributed by atoms with Gasteiger partial charge < -0.3 is 4.74 Å². The van der Waals surface area contributed by atoms with Crippen LogP contribution in [-0.4, -0.2) is 17.4 Å². The van der Waals surface area contributed by atoms with E-state index in [1.165, 1.54) is 0 Å². The fraction of sp³-hybridized carbons (Fsp3) is 0.846. The highest BCUT2D eigenvalue weighted by Crippen LogP contribution is 2.29. The number of ether oxygens (including phenoxy) is 1. The molecular weight excluding hydrogens is 204 g/mol. The van der Waals surface area contributed by atoms with Crippen LogP contribution in [0.5, 0.6) is 0 Å².